The number of aromatic nitrogens is 2. The van der Waals surface area contributed by atoms with Gasteiger partial charge in [-0.05, 0) is 42.5 Å². The summed E-state index contributed by atoms with van der Waals surface area (Å²) in [6.45, 7) is 1.64. The molecule has 1 aliphatic rings. The van der Waals surface area contributed by atoms with E-state index in [1.165, 1.54) is 6.07 Å². The summed E-state index contributed by atoms with van der Waals surface area (Å²) in [5.41, 5.74) is 0.517. The van der Waals surface area contributed by atoms with Crippen LogP contribution in [0.25, 0.3) is 11.5 Å². The smallest absolute Gasteiger partial charge is 0.416 e. The molecule has 8 nitrogen and oxygen atoms in total. The van der Waals surface area contributed by atoms with Crippen LogP contribution in [0.1, 0.15) is 5.56 Å². The molecule has 0 atom stereocenters. The van der Waals surface area contributed by atoms with Crippen molar-refractivity contribution in [3.63, 3.8) is 0 Å². The van der Waals surface area contributed by atoms with Gasteiger partial charge in [0, 0.05) is 18.7 Å². The van der Waals surface area contributed by atoms with Crippen LogP contribution in [0.3, 0.4) is 0 Å². The SMILES string of the molecule is COc1ccc(-c2nnc(SCC(=O)Nc3ccc(C(F)(F)F)cc3N3CCOCC3)o2)cc1. The average molecular weight is 494 g/mol. The summed E-state index contributed by atoms with van der Waals surface area (Å²) in [6.07, 6.45) is -4.49. The highest BCUT2D eigenvalue weighted by atomic mass is 32.2. The van der Waals surface area contributed by atoms with Gasteiger partial charge in [-0.15, -0.1) is 10.2 Å². The summed E-state index contributed by atoms with van der Waals surface area (Å²) in [5.74, 6) is 0.508. The Morgan fingerprint density at radius 3 is 2.56 bits per heavy atom. The molecule has 1 amide bonds. The van der Waals surface area contributed by atoms with Crippen molar-refractivity contribution in [2.45, 2.75) is 11.4 Å². The molecule has 2 aromatic carbocycles. The van der Waals surface area contributed by atoms with Crippen molar-refractivity contribution in [2.75, 3.05) is 49.4 Å². The first-order chi connectivity index (χ1) is 16.3. The van der Waals surface area contributed by atoms with E-state index in [9.17, 15) is 18.0 Å². The molecule has 0 bridgehead atoms. The molecule has 4 rings (SSSR count). The van der Waals surface area contributed by atoms with Crippen molar-refractivity contribution < 1.29 is 31.9 Å². The Morgan fingerprint density at radius 2 is 1.88 bits per heavy atom. The molecular formula is C22H21F3N4O4S. The number of anilines is 2. The van der Waals surface area contributed by atoms with Crippen LogP contribution in [-0.4, -0.2) is 55.3 Å². The van der Waals surface area contributed by atoms with Gasteiger partial charge in [-0.3, -0.25) is 4.79 Å². The minimum atomic E-state index is -4.49. The standard InChI is InChI=1S/C22H21F3N4O4S/c1-31-16-5-2-14(3-6-16)20-27-28-21(33-20)34-13-19(30)26-17-7-4-15(22(23,24)25)12-18(17)29-8-10-32-11-9-29/h2-7,12H,8-11,13H2,1H3,(H,26,30). The summed E-state index contributed by atoms with van der Waals surface area (Å²) >= 11 is 1.03. The van der Waals surface area contributed by atoms with Crippen LogP contribution in [0.2, 0.25) is 0 Å². The third-order valence-electron chi connectivity index (χ3n) is 5.02. The zero-order valence-corrected chi connectivity index (χ0v) is 18.9. The van der Waals surface area contributed by atoms with Crippen molar-refractivity contribution in [3.05, 3.63) is 48.0 Å². The molecular weight excluding hydrogens is 473 g/mol. The number of methoxy groups -OCH3 is 1. The second-order valence-electron chi connectivity index (χ2n) is 7.27. The number of amides is 1. The van der Waals surface area contributed by atoms with Crippen LogP contribution in [0.15, 0.2) is 52.1 Å². The maximum Gasteiger partial charge on any atom is 0.416 e. The number of thioether (sulfide) groups is 1. The third kappa shape index (κ3) is 5.81. The quantitative estimate of drug-likeness (QED) is 0.486. The molecule has 1 N–H and O–H groups in total. The number of carbonyl (C=O) groups excluding carboxylic acids is 1. The number of ether oxygens (including phenoxy) is 2. The molecule has 1 fully saturated rings. The van der Waals surface area contributed by atoms with E-state index in [0.717, 1.165) is 23.9 Å². The normalized spacial score (nSPS) is 14.2. The molecule has 0 spiro atoms. The molecule has 0 saturated carbocycles. The summed E-state index contributed by atoms with van der Waals surface area (Å²) in [6, 6.07) is 10.3. The van der Waals surface area contributed by atoms with Crippen molar-refractivity contribution >= 4 is 29.0 Å². The maximum absolute atomic E-state index is 13.2. The van der Waals surface area contributed by atoms with E-state index in [1.54, 1.807) is 36.3 Å². The average Bonchev–Trinajstić information content (AvgIpc) is 3.32. The van der Waals surface area contributed by atoms with Crippen LogP contribution < -0.4 is 15.0 Å². The van der Waals surface area contributed by atoms with Crippen LogP contribution in [-0.2, 0) is 15.7 Å². The van der Waals surface area contributed by atoms with E-state index in [1.807, 2.05) is 0 Å². The van der Waals surface area contributed by atoms with Crippen molar-refractivity contribution in [3.8, 4) is 17.2 Å². The number of halogens is 3. The lowest BCUT2D eigenvalue weighted by molar-refractivity contribution is -0.137. The zero-order chi connectivity index (χ0) is 24.1. The molecule has 12 heteroatoms. The lowest BCUT2D eigenvalue weighted by Gasteiger charge is -2.31. The Morgan fingerprint density at radius 1 is 1.15 bits per heavy atom. The molecule has 1 aliphatic heterocycles. The van der Waals surface area contributed by atoms with Gasteiger partial charge in [-0.2, -0.15) is 13.2 Å². The number of rotatable bonds is 7. The highest BCUT2D eigenvalue weighted by Crippen LogP contribution is 2.36. The monoisotopic (exact) mass is 494 g/mol. The first-order valence-corrected chi connectivity index (χ1v) is 11.3. The molecule has 0 aliphatic carbocycles. The number of benzene rings is 2. The van der Waals surface area contributed by atoms with E-state index in [-0.39, 0.29) is 11.0 Å². The van der Waals surface area contributed by atoms with Crippen LogP contribution >= 0.6 is 11.8 Å². The summed E-state index contributed by atoms with van der Waals surface area (Å²) in [5, 5.41) is 10.8. The van der Waals surface area contributed by atoms with Gasteiger partial charge in [-0.1, -0.05) is 11.8 Å². The Bertz CT molecular complexity index is 1130. The maximum atomic E-state index is 13.2. The second kappa shape index (κ2) is 10.3. The summed E-state index contributed by atoms with van der Waals surface area (Å²) in [4.78, 5) is 14.3. The van der Waals surface area contributed by atoms with Gasteiger partial charge in [0.15, 0.2) is 0 Å². The van der Waals surface area contributed by atoms with Gasteiger partial charge >= 0.3 is 6.18 Å². The number of carbonyl (C=O) groups is 1. The Labute approximate surface area is 197 Å². The van der Waals surface area contributed by atoms with E-state index in [0.29, 0.717) is 54.9 Å². The highest BCUT2D eigenvalue weighted by molar-refractivity contribution is 7.99. The number of hydrogen-bond donors (Lipinski definition) is 1. The molecule has 34 heavy (non-hydrogen) atoms. The molecule has 3 aromatic rings. The molecule has 0 radical (unpaired) electrons. The molecule has 1 saturated heterocycles. The van der Waals surface area contributed by atoms with E-state index in [4.69, 9.17) is 13.9 Å². The minimum absolute atomic E-state index is 0.0617. The Kier molecular flexibility index (Phi) is 7.27. The van der Waals surface area contributed by atoms with Gasteiger partial charge in [-0.25, -0.2) is 0 Å². The number of hydrogen-bond acceptors (Lipinski definition) is 8. The summed E-state index contributed by atoms with van der Waals surface area (Å²) < 4.78 is 55.7. The van der Waals surface area contributed by atoms with Gasteiger partial charge < -0.3 is 24.1 Å². The van der Waals surface area contributed by atoms with Gasteiger partial charge in [0.2, 0.25) is 11.8 Å². The highest BCUT2D eigenvalue weighted by Gasteiger charge is 2.32. The van der Waals surface area contributed by atoms with Crippen LogP contribution in [0.4, 0.5) is 24.5 Å². The fourth-order valence-electron chi connectivity index (χ4n) is 3.31. The Hall–Kier alpha value is -3.25. The molecule has 2 heterocycles. The predicted octanol–water partition coefficient (Wildman–Crippen LogP) is 4.33. The fraction of sp³-hybridized carbons (Fsp3) is 0.318. The van der Waals surface area contributed by atoms with Crippen molar-refractivity contribution in [1.29, 1.82) is 0 Å². The third-order valence-corrected chi connectivity index (χ3v) is 5.84. The topological polar surface area (TPSA) is 89.7 Å². The first-order valence-electron chi connectivity index (χ1n) is 10.3. The Balaban J connectivity index is 1.42. The van der Waals surface area contributed by atoms with Crippen LogP contribution in [0.5, 0.6) is 5.75 Å². The number of nitrogens with one attached hydrogen (secondary N) is 1. The molecule has 0 unspecified atom stereocenters. The molecule has 1 aromatic heterocycles. The van der Waals surface area contributed by atoms with Gasteiger partial charge in [0.1, 0.15) is 5.75 Å². The van der Waals surface area contributed by atoms with Gasteiger partial charge in [0.25, 0.3) is 5.22 Å². The second-order valence-corrected chi connectivity index (χ2v) is 8.19. The van der Waals surface area contributed by atoms with E-state index < -0.39 is 17.6 Å². The lowest BCUT2D eigenvalue weighted by Crippen LogP contribution is -2.37. The van der Waals surface area contributed by atoms with Gasteiger partial charge in [0.05, 0.1) is 43.0 Å². The fourth-order valence-corrected chi connectivity index (χ4v) is 3.87. The minimum Gasteiger partial charge on any atom is -0.497 e. The zero-order valence-electron chi connectivity index (χ0n) is 18.1. The number of morpholine rings is 1. The largest absolute Gasteiger partial charge is 0.497 e. The molecule has 180 valence electrons. The summed E-state index contributed by atoms with van der Waals surface area (Å²) in [7, 11) is 1.57. The lowest BCUT2D eigenvalue weighted by atomic mass is 10.1. The number of alkyl halides is 3. The van der Waals surface area contributed by atoms with E-state index in [2.05, 4.69) is 15.5 Å². The first kappa shape index (κ1) is 23.9. The van der Waals surface area contributed by atoms with E-state index >= 15 is 0 Å². The van der Waals surface area contributed by atoms with Crippen molar-refractivity contribution in [2.24, 2.45) is 0 Å². The van der Waals surface area contributed by atoms with Crippen LogP contribution in [0, 0.1) is 0 Å². The van der Waals surface area contributed by atoms with Crippen molar-refractivity contribution in [1.82, 2.24) is 10.2 Å². The number of nitrogens with zero attached hydrogens (tertiary/aromatic N) is 3. The predicted molar refractivity (Wildman–Crippen MR) is 120 cm³/mol.